The standard InChI is InChI=1S/C22H20N2O5/c25-21(24-27)10-5-14-1-3-15(4-2-14)11-19(22(26)23-18-7-8-18)16-6-9-20-17(12-16)13-28-29-20/h1-6,9-12,18,27H,7-8,13H2,(H,23,26)(H,24,25)/b10-5+,19-11-. The number of hydrogen-bond acceptors (Lipinski definition) is 5. The quantitative estimate of drug-likeness (QED) is 0.231. The third-order valence-electron chi connectivity index (χ3n) is 4.68. The van der Waals surface area contributed by atoms with E-state index in [1.807, 2.05) is 42.5 Å². The van der Waals surface area contributed by atoms with Crippen LogP contribution in [0.2, 0.25) is 0 Å². The minimum atomic E-state index is -0.599. The zero-order valence-corrected chi connectivity index (χ0v) is 15.6. The Balaban J connectivity index is 1.61. The Kier molecular flexibility index (Phi) is 5.41. The van der Waals surface area contributed by atoms with Crippen molar-refractivity contribution in [3.05, 3.63) is 70.8 Å². The molecule has 0 unspecified atom stereocenters. The van der Waals surface area contributed by atoms with Gasteiger partial charge in [0.05, 0.1) is 0 Å². The van der Waals surface area contributed by atoms with Gasteiger partial charge in [-0.3, -0.25) is 14.8 Å². The Hall–Kier alpha value is -3.42. The molecule has 4 rings (SSSR count). The van der Waals surface area contributed by atoms with E-state index in [0.717, 1.165) is 35.1 Å². The summed E-state index contributed by atoms with van der Waals surface area (Å²) < 4.78 is 0. The minimum absolute atomic E-state index is 0.115. The highest BCUT2D eigenvalue weighted by atomic mass is 17.2. The number of hydrogen-bond donors (Lipinski definition) is 3. The lowest BCUT2D eigenvalue weighted by atomic mass is 9.99. The predicted octanol–water partition coefficient (Wildman–Crippen LogP) is 2.85. The van der Waals surface area contributed by atoms with E-state index in [1.165, 1.54) is 6.08 Å². The molecular weight excluding hydrogens is 372 g/mol. The van der Waals surface area contributed by atoms with Crippen molar-refractivity contribution in [3.63, 3.8) is 0 Å². The van der Waals surface area contributed by atoms with Crippen LogP contribution in [-0.2, 0) is 21.1 Å². The lowest BCUT2D eigenvalue weighted by molar-refractivity contribution is -0.194. The summed E-state index contributed by atoms with van der Waals surface area (Å²) >= 11 is 0. The van der Waals surface area contributed by atoms with E-state index < -0.39 is 5.91 Å². The summed E-state index contributed by atoms with van der Waals surface area (Å²) in [5.41, 5.74) is 5.44. The molecule has 2 aliphatic rings. The summed E-state index contributed by atoms with van der Waals surface area (Å²) in [5.74, 6) is -0.0489. The molecule has 1 saturated carbocycles. The van der Waals surface area contributed by atoms with Crippen molar-refractivity contribution in [1.82, 2.24) is 10.8 Å². The maximum absolute atomic E-state index is 12.9. The van der Waals surface area contributed by atoms with Crippen LogP contribution < -0.4 is 15.7 Å². The van der Waals surface area contributed by atoms with Crippen molar-refractivity contribution < 1.29 is 24.6 Å². The van der Waals surface area contributed by atoms with Gasteiger partial charge in [0.1, 0.15) is 6.61 Å². The molecule has 2 amide bonds. The fraction of sp³-hybridized carbons (Fsp3) is 0.182. The number of carbonyl (C=O) groups excluding carboxylic acids is 2. The van der Waals surface area contributed by atoms with Crippen LogP contribution in [0.5, 0.6) is 5.75 Å². The normalized spacial score (nSPS) is 15.7. The number of benzene rings is 2. The summed E-state index contributed by atoms with van der Waals surface area (Å²) in [7, 11) is 0. The molecule has 3 N–H and O–H groups in total. The van der Waals surface area contributed by atoms with E-state index in [-0.39, 0.29) is 11.9 Å². The maximum atomic E-state index is 12.9. The first kappa shape index (κ1) is 18.9. The van der Waals surface area contributed by atoms with Crippen molar-refractivity contribution in [2.75, 3.05) is 0 Å². The van der Waals surface area contributed by atoms with Crippen LogP contribution in [0.25, 0.3) is 17.7 Å². The lowest BCUT2D eigenvalue weighted by Gasteiger charge is -2.10. The average Bonchev–Trinajstić information content (AvgIpc) is 3.43. The second kappa shape index (κ2) is 8.30. The molecule has 29 heavy (non-hydrogen) atoms. The lowest BCUT2D eigenvalue weighted by Crippen LogP contribution is -2.26. The molecule has 1 heterocycles. The Bertz CT molecular complexity index is 991. The first-order chi connectivity index (χ1) is 14.1. The molecule has 1 aliphatic carbocycles. The Morgan fingerprint density at radius 2 is 1.83 bits per heavy atom. The SMILES string of the molecule is O=C(/C=C/c1ccc(/C=C(\C(=O)NC2CC2)c2ccc3c(c2)COO3)cc1)NO. The smallest absolute Gasteiger partial charge is 0.267 e. The van der Waals surface area contributed by atoms with Gasteiger partial charge in [-0.1, -0.05) is 30.3 Å². The largest absolute Gasteiger partial charge is 0.349 e. The molecule has 0 atom stereocenters. The van der Waals surface area contributed by atoms with Crippen molar-refractivity contribution in [3.8, 4) is 5.75 Å². The van der Waals surface area contributed by atoms with Crippen LogP contribution in [0.3, 0.4) is 0 Å². The van der Waals surface area contributed by atoms with Gasteiger partial charge in [-0.05, 0) is 53.8 Å². The highest BCUT2D eigenvalue weighted by Crippen LogP contribution is 2.31. The van der Waals surface area contributed by atoms with Gasteiger partial charge in [0.15, 0.2) is 5.75 Å². The molecule has 1 aliphatic heterocycles. The van der Waals surface area contributed by atoms with Crippen LogP contribution in [0.1, 0.15) is 35.1 Å². The zero-order valence-electron chi connectivity index (χ0n) is 15.6. The topological polar surface area (TPSA) is 96.9 Å². The van der Waals surface area contributed by atoms with Crippen LogP contribution in [0, 0.1) is 0 Å². The first-order valence-electron chi connectivity index (χ1n) is 9.30. The van der Waals surface area contributed by atoms with E-state index in [1.54, 1.807) is 17.6 Å². The number of hydroxylamine groups is 1. The molecule has 0 spiro atoms. The van der Waals surface area contributed by atoms with Gasteiger partial charge < -0.3 is 10.2 Å². The molecule has 2 aromatic carbocycles. The molecule has 0 aromatic heterocycles. The second-order valence-electron chi connectivity index (χ2n) is 6.95. The number of nitrogens with one attached hydrogen (secondary N) is 2. The molecular formula is C22H20N2O5. The van der Waals surface area contributed by atoms with Crippen LogP contribution >= 0.6 is 0 Å². The van der Waals surface area contributed by atoms with Crippen molar-refractivity contribution in [2.24, 2.45) is 0 Å². The van der Waals surface area contributed by atoms with E-state index in [4.69, 9.17) is 15.0 Å². The van der Waals surface area contributed by atoms with E-state index in [9.17, 15) is 9.59 Å². The summed E-state index contributed by atoms with van der Waals surface area (Å²) in [6.07, 6.45) is 6.67. The maximum Gasteiger partial charge on any atom is 0.267 e. The van der Waals surface area contributed by atoms with Gasteiger partial charge in [0, 0.05) is 23.3 Å². The van der Waals surface area contributed by atoms with Gasteiger partial charge in [-0.25, -0.2) is 5.48 Å². The fourth-order valence-corrected chi connectivity index (χ4v) is 2.95. The number of amides is 2. The van der Waals surface area contributed by atoms with Crippen molar-refractivity contribution in [2.45, 2.75) is 25.5 Å². The number of rotatable bonds is 6. The Labute approximate surface area is 167 Å². The van der Waals surface area contributed by atoms with E-state index in [2.05, 4.69) is 5.32 Å². The number of carbonyl (C=O) groups is 2. The third kappa shape index (κ3) is 4.71. The fourth-order valence-electron chi connectivity index (χ4n) is 2.95. The van der Waals surface area contributed by atoms with Crippen LogP contribution in [0.15, 0.2) is 48.5 Å². The Morgan fingerprint density at radius 3 is 2.55 bits per heavy atom. The van der Waals surface area contributed by atoms with E-state index in [0.29, 0.717) is 17.9 Å². The second-order valence-corrected chi connectivity index (χ2v) is 6.95. The molecule has 7 heteroatoms. The average molecular weight is 392 g/mol. The Morgan fingerprint density at radius 1 is 1.07 bits per heavy atom. The van der Waals surface area contributed by atoms with Crippen molar-refractivity contribution >= 4 is 29.5 Å². The molecule has 1 fully saturated rings. The van der Waals surface area contributed by atoms with Crippen LogP contribution in [-0.4, -0.2) is 23.1 Å². The van der Waals surface area contributed by atoms with Gasteiger partial charge in [0.2, 0.25) is 0 Å². The highest BCUT2D eigenvalue weighted by Gasteiger charge is 2.26. The van der Waals surface area contributed by atoms with Crippen molar-refractivity contribution in [1.29, 1.82) is 0 Å². The molecule has 0 radical (unpaired) electrons. The van der Waals surface area contributed by atoms with Gasteiger partial charge >= 0.3 is 0 Å². The highest BCUT2D eigenvalue weighted by molar-refractivity contribution is 6.24. The van der Waals surface area contributed by atoms with E-state index >= 15 is 0 Å². The summed E-state index contributed by atoms with van der Waals surface area (Å²) in [4.78, 5) is 34.0. The molecule has 2 aromatic rings. The van der Waals surface area contributed by atoms with Gasteiger partial charge in [0.25, 0.3) is 11.8 Å². The number of fused-ring (bicyclic) bond motifs is 1. The predicted molar refractivity (Wildman–Crippen MR) is 106 cm³/mol. The zero-order chi connectivity index (χ0) is 20.2. The summed E-state index contributed by atoms with van der Waals surface area (Å²) in [6, 6.07) is 13.2. The summed E-state index contributed by atoms with van der Waals surface area (Å²) in [5, 5.41) is 11.6. The summed E-state index contributed by atoms with van der Waals surface area (Å²) in [6.45, 7) is 0.350. The third-order valence-corrected chi connectivity index (χ3v) is 4.68. The monoisotopic (exact) mass is 392 g/mol. The molecule has 0 bridgehead atoms. The molecule has 7 nitrogen and oxygen atoms in total. The minimum Gasteiger partial charge on any atom is -0.349 e. The first-order valence-corrected chi connectivity index (χ1v) is 9.30. The van der Waals surface area contributed by atoms with Crippen LogP contribution in [0.4, 0.5) is 0 Å². The molecule has 148 valence electrons. The molecule has 0 saturated heterocycles. The van der Waals surface area contributed by atoms with Gasteiger partial charge in [-0.15, -0.1) is 0 Å². The van der Waals surface area contributed by atoms with Gasteiger partial charge in [-0.2, -0.15) is 4.89 Å².